The van der Waals surface area contributed by atoms with Crippen LogP contribution in [0.25, 0.3) is 0 Å². The Kier molecular flexibility index (Phi) is 5.20. The fourth-order valence-electron chi connectivity index (χ4n) is 1.70. The number of hydrogen-bond acceptors (Lipinski definition) is 2. The van der Waals surface area contributed by atoms with Gasteiger partial charge in [-0.3, -0.25) is 10.1 Å². The molecule has 0 unspecified atom stereocenters. The largest absolute Gasteiger partial charge is 0.351 e. The van der Waals surface area contributed by atoms with Gasteiger partial charge in [0.2, 0.25) is 0 Å². The number of urea groups is 1. The number of carbonyl (C=O) groups is 2. The molecule has 0 aromatic heterocycles. The van der Waals surface area contributed by atoms with Gasteiger partial charge in [-0.15, -0.1) is 0 Å². The molecule has 0 saturated heterocycles. The topological polar surface area (TPSA) is 72.2 Å². The van der Waals surface area contributed by atoms with Crippen molar-refractivity contribution in [3.05, 3.63) is 35.4 Å². The maximum Gasteiger partial charge on any atom is 0.319 e. The summed E-state index contributed by atoms with van der Waals surface area (Å²) in [5.74, 6) is -0.426. The number of hydrogen-bond donors (Lipinski definition) is 2. The molecule has 4 nitrogen and oxygen atoms in total. The van der Waals surface area contributed by atoms with Crippen molar-refractivity contribution in [2.45, 2.75) is 32.6 Å². The molecule has 1 aromatic carbocycles. The highest BCUT2D eigenvalue weighted by Gasteiger charge is 2.11. The number of benzene rings is 1. The molecule has 0 heterocycles. The Bertz CT molecular complexity index is 402. The average molecular weight is 234 g/mol. The summed E-state index contributed by atoms with van der Waals surface area (Å²) < 4.78 is 0. The van der Waals surface area contributed by atoms with Crippen LogP contribution in [0.15, 0.2) is 24.3 Å². The Morgan fingerprint density at radius 2 is 1.94 bits per heavy atom. The fourth-order valence-corrected chi connectivity index (χ4v) is 1.70. The molecule has 0 fully saturated rings. The van der Waals surface area contributed by atoms with E-state index in [1.165, 1.54) is 0 Å². The number of carbonyl (C=O) groups excluding carboxylic acids is 2. The van der Waals surface area contributed by atoms with Gasteiger partial charge >= 0.3 is 6.03 Å². The van der Waals surface area contributed by atoms with Gasteiger partial charge in [-0.25, -0.2) is 4.79 Å². The molecule has 17 heavy (non-hydrogen) atoms. The van der Waals surface area contributed by atoms with Crippen molar-refractivity contribution in [3.63, 3.8) is 0 Å². The van der Waals surface area contributed by atoms with E-state index in [1.807, 2.05) is 12.1 Å². The molecule has 1 rings (SSSR count). The highest BCUT2D eigenvalue weighted by molar-refractivity contribution is 6.04. The SMILES string of the molecule is CCCCCc1ccccc1C(=O)NC(N)=O. The third kappa shape index (κ3) is 4.26. The van der Waals surface area contributed by atoms with Gasteiger partial charge in [0.15, 0.2) is 0 Å². The third-order valence-electron chi connectivity index (χ3n) is 2.55. The van der Waals surface area contributed by atoms with Crippen LogP contribution >= 0.6 is 0 Å². The predicted octanol–water partition coefficient (Wildman–Crippen LogP) is 2.23. The first-order chi connectivity index (χ1) is 8.15. The van der Waals surface area contributed by atoms with Crippen LogP contribution in [0.4, 0.5) is 4.79 Å². The molecule has 92 valence electrons. The van der Waals surface area contributed by atoms with Crippen molar-refractivity contribution in [1.82, 2.24) is 5.32 Å². The summed E-state index contributed by atoms with van der Waals surface area (Å²) >= 11 is 0. The summed E-state index contributed by atoms with van der Waals surface area (Å²) in [5.41, 5.74) is 6.42. The Hall–Kier alpha value is -1.84. The number of rotatable bonds is 5. The molecule has 0 aliphatic heterocycles. The molecular formula is C13H18N2O2. The van der Waals surface area contributed by atoms with Crippen LogP contribution in [0.1, 0.15) is 42.1 Å². The fraction of sp³-hybridized carbons (Fsp3) is 0.385. The maximum atomic E-state index is 11.7. The minimum absolute atomic E-state index is 0.426. The lowest BCUT2D eigenvalue weighted by atomic mass is 10.0. The molecule has 0 aliphatic rings. The summed E-state index contributed by atoms with van der Waals surface area (Å²) in [6.45, 7) is 2.13. The van der Waals surface area contributed by atoms with Crippen LogP contribution in [0.2, 0.25) is 0 Å². The van der Waals surface area contributed by atoms with Gasteiger partial charge in [0, 0.05) is 5.56 Å². The van der Waals surface area contributed by atoms with Crippen LogP contribution in [-0.4, -0.2) is 11.9 Å². The minimum atomic E-state index is -0.821. The molecule has 0 spiro atoms. The van der Waals surface area contributed by atoms with E-state index in [9.17, 15) is 9.59 Å². The third-order valence-corrected chi connectivity index (χ3v) is 2.55. The molecule has 0 atom stereocenters. The van der Waals surface area contributed by atoms with E-state index >= 15 is 0 Å². The zero-order valence-electron chi connectivity index (χ0n) is 10.0. The molecule has 3 amide bonds. The Morgan fingerprint density at radius 1 is 1.24 bits per heavy atom. The van der Waals surface area contributed by atoms with E-state index in [-0.39, 0.29) is 0 Å². The number of unbranched alkanes of at least 4 members (excludes halogenated alkanes) is 2. The second kappa shape index (κ2) is 6.68. The molecule has 1 aromatic rings. The van der Waals surface area contributed by atoms with Crippen molar-refractivity contribution in [3.8, 4) is 0 Å². The molecule has 3 N–H and O–H groups in total. The number of primary amides is 1. The van der Waals surface area contributed by atoms with Crippen molar-refractivity contribution < 1.29 is 9.59 Å². The maximum absolute atomic E-state index is 11.7. The van der Waals surface area contributed by atoms with Gasteiger partial charge in [0.1, 0.15) is 0 Å². The number of nitrogens with two attached hydrogens (primary N) is 1. The van der Waals surface area contributed by atoms with E-state index < -0.39 is 11.9 Å². The molecule has 4 heteroatoms. The average Bonchev–Trinajstić information content (AvgIpc) is 2.29. The van der Waals surface area contributed by atoms with Gasteiger partial charge < -0.3 is 5.73 Å². The van der Waals surface area contributed by atoms with Crippen molar-refractivity contribution in [2.75, 3.05) is 0 Å². The second-order valence-electron chi connectivity index (χ2n) is 3.93. The van der Waals surface area contributed by atoms with Crippen LogP contribution in [0.3, 0.4) is 0 Å². The summed E-state index contributed by atoms with van der Waals surface area (Å²) in [6, 6.07) is 6.46. The highest BCUT2D eigenvalue weighted by Crippen LogP contribution is 2.12. The normalized spacial score (nSPS) is 9.94. The summed E-state index contributed by atoms with van der Waals surface area (Å²) in [5, 5.41) is 2.09. The van der Waals surface area contributed by atoms with E-state index in [4.69, 9.17) is 5.73 Å². The first-order valence-corrected chi connectivity index (χ1v) is 5.83. The van der Waals surface area contributed by atoms with Crippen LogP contribution < -0.4 is 11.1 Å². The standard InChI is InChI=1S/C13H18N2O2/c1-2-3-4-7-10-8-5-6-9-11(10)12(16)15-13(14)17/h5-6,8-9H,2-4,7H2,1H3,(H3,14,15,16,17). The first-order valence-electron chi connectivity index (χ1n) is 5.83. The van der Waals surface area contributed by atoms with Crippen LogP contribution in [-0.2, 0) is 6.42 Å². The number of nitrogens with one attached hydrogen (secondary N) is 1. The van der Waals surface area contributed by atoms with Crippen LogP contribution in [0.5, 0.6) is 0 Å². The number of amides is 3. The Labute approximate surface area is 101 Å². The van der Waals surface area contributed by atoms with Crippen molar-refractivity contribution >= 4 is 11.9 Å². The summed E-state index contributed by atoms with van der Waals surface area (Å²) in [7, 11) is 0. The molecule has 0 aliphatic carbocycles. The Balaban J connectivity index is 2.76. The monoisotopic (exact) mass is 234 g/mol. The first kappa shape index (κ1) is 13.2. The molecule has 0 radical (unpaired) electrons. The molecule has 0 saturated carbocycles. The van der Waals surface area contributed by atoms with E-state index in [2.05, 4.69) is 12.2 Å². The van der Waals surface area contributed by atoms with Crippen LogP contribution in [0, 0.1) is 0 Å². The Morgan fingerprint density at radius 3 is 2.59 bits per heavy atom. The second-order valence-corrected chi connectivity index (χ2v) is 3.93. The van der Waals surface area contributed by atoms with Crippen molar-refractivity contribution in [2.24, 2.45) is 5.73 Å². The van der Waals surface area contributed by atoms with E-state index in [0.29, 0.717) is 5.56 Å². The number of imide groups is 1. The zero-order valence-corrected chi connectivity index (χ0v) is 10.0. The quantitative estimate of drug-likeness (QED) is 0.767. The summed E-state index contributed by atoms with van der Waals surface area (Å²) in [4.78, 5) is 22.3. The van der Waals surface area contributed by atoms with E-state index in [1.54, 1.807) is 12.1 Å². The van der Waals surface area contributed by atoms with Gasteiger partial charge in [-0.1, -0.05) is 38.0 Å². The smallest absolute Gasteiger partial charge is 0.319 e. The molecule has 0 bridgehead atoms. The van der Waals surface area contributed by atoms with E-state index in [0.717, 1.165) is 31.2 Å². The lowest BCUT2D eigenvalue weighted by Gasteiger charge is -2.08. The number of aryl methyl sites for hydroxylation is 1. The van der Waals surface area contributed by atoms with Gasteiger partial charge in [-0.05, 0) is 24.5 Å². The molecular weight excluding hydrogens is 216 g/mol. The zero-order chi connectivity index (χ0) is 12.7. The minimum Gasteiger partial charge on any atom is -0.351 e. The lowest BCUT2D eigenvalue weighted by molar-refractivity contribution is 0.0965. The summed E-state index contributed by atoms with van der Waals surface area (Å²) in [6.07, 6.45) is 4.15. The van der Waals surface area contributed by atoms with Gasteiger partial charge in [0.05, 0.1) is 0 Å². The highest BCUT2D eigenvalue weighted by atomic mass is 16.2. The van der Waals surface area contributed by atoms with Gasteiger partial charge in [0.25, 0.3) is 5.91 Å². The lowest BCUT2D eigenvalue weighted by Crippen LogP contribution is -2.35. The van der Waals surface area contributed by atoms with Crippen molar-refractivity contribution in [1.29, 1.82) is 0 Å². The predicted molar refractivity (Wildman–Crippen MR) is 66.7 cm³/mol. The van der Waals surface area contributed by atoms with Gasteiger partial charge in [-0.2, -0.15) is 0 Å².